The number of nitrogen functional groups attached to an aromatic ring is 1. The quantitative estimate of drug-likeness (QED) is 0.453. The zero-order valence-corrected chi connectivity index (χ0v) is 16.0. The van der Waals surface area contributed by atoms with Crippen LogP contribution in [0.2, 0.25) is 0 Å². The highest BCUT2D eigenvalue weighted by Crippen LogP contribution is 2.20. The second-order valence-electron chi connectivity index (χ2n) is 6.95. The van der Waals surface area contributed by atoms with Crippen molar-refractivity contribution in [2.24, 2.45) is 0 Å². The van der Waals surface area contributed by atoms with Crippen LogP contribution in [0.15, 0.2) is 60.4 Å². The molecule has 0 spiro atoms. The number of amides is 1. The molecule has 0 bridgehead atoms. The number of para-hydroxylation sites is 1. The molecule has 2 aliphatic heterocycles. The minimum atomic E-state index is 0.123. The number of carbonyl (C=O) groups excluding carboxylic acids is 1. The van der Waals surface area contributed by atoms with E-state index in [2.05, 4.69) is 11.0 Å². The molecule has 1 fully saturated rings. The summed E-state index contributed by atoms with van der Waals surface area (Å²) in [4.78, 5) is 14.2. The van der Waals surface area contributed by atoms with Crippen molar-refractivity contribution in [1.29, 1.82) is 5.41 Å². The summed E-state index contributed by atoms with van der Waals surface area (Å²) in [5, 5.41) is 10.2. The molecular weight excluding hydrogens is 368 g/mol. The lowest BCUT2D eigenvalue weighted by molar-refractivity contribution is -0.134. The van der Waals surface area contributed by atoms with E-state index in [1.807, 2.05) is 53.6 Å². The van der Waals surface area contributed by atoms with Gasteiger partial charge in [0.1, 0.15) is 0 Å². The number of allylic oxidation sites excluding steroid dienone is 1. The van der Waals surface area contributed by atoms with Gasteiger partial charge in [-0.3, -0.25) is 20.6 Å². The van der Waals surface area contributed by atoms with Gasteiger partial charge in [0, 0.05) is 24.3 Å². The Morgan fingerprint density at radius 2 is 1.83 bits per heavy atom. The zero-order chi connectivity index (χ0) is 20.2. The number of rotatable bonds is 5. The molecule has 8 heteroatoms. The Hall–Kier alpha value is -3.36. The van der Waals surface area contributed by atoms with Gasteiger partial charge >= 0.3 is 0 Å². The van der Waals surface area contributed by atoms with Crippen LogP contribution in [0.1, 0.15) is 11.1 Å². The minimum Gasteiger partial charge on any atom is -0.398 e. The van der Waals surface area contributed by atoms with Gasteiger partial charge in [-0.15, -0.1) is 5.53 Å². The number of anilines is 2. The SMILES string of the molecule is N=C(C1=CN(c2ccc(CC(=O)N3CCOCC3)cc2)NN1)c1ccccc1N. The Labute approximate surface area is 169 Å². The highest BCUT2D eigenvalue weighted by molar-refractivity contribution is 6.13. The highest BCUT2D eigenvalue weighted by Gasteiger charge is 2.20. The second kappa shape index (κ2) is 8.34. The monoisotopic (exact) mass is 392 g/mol. The Morgan fingerprint density at radius 1 is 1.10 bits per heavy atom. The number of nitrogens with two attached hydrogens (primary N) is 1. The van der Waals surface area contributed by atoms with Crippen LogP contribution in [0.5, 0.6) is 0 Å². The first kappa shape index (κ1) is 19.0. The summed E-state index contributed by atoms with van der Waals surface area (Å²) in [6.45, 7) is 2.53. The van der Waals surface area contributed by atoms with Gasteiger partial charge in [-0.05, 0) is 23.8 Å². The molecule has 0 atom stereocenters. The molecule has 5 N–H and O–H groups in total. The number of nitrogens with zero attached hydrogens (tertiary/aromatic N) is 2. The van der Waals surface area contributed by atoms with Crippen LogP contribution >= 0.6 is 0 Å². The summed E-state index contributed by atoms with van der Waals surface area (Å²) in [5.41, 5.74) is 16.0. The summed E-state index contributed by atoms with van der Waals surface area (Å²) < 4.78 is 5.29. The molecular formula is C21H24N6O2. The molecule has 0 aromatic heterocycles. The van der Waals surface area contributed by atoms with Gasteiger partial charge < -0.3 is 15.4 Å². The predicted octanol–water partition coefficient (Wildman–Crippen LogP) is 1.41. The summed E-state index contributed by atoms with van der Waals surface area (Å²) in [5.74, 6) is 0.123. The summed E-state index contributed by atoms with van der Waals surface area (Å²) >= 11 is 0. The number of carbonyl (C=O) groups is 1. The lowest BCUT2D eigenvalue weighted by atomic mass is 10.1. The van der Waals surface area contributed by atoms with E-state index in [9.17, 15) is 4.79 Å². The Bertz CT molecular complexity index is 934. The smallest absolute Gasteiger partial charge is 0.227 e. The van der Waals surface area contributed by atoms with E-state index in [4.69, 9.17) is 15.9 Å². The van der Waals surface area contributed by atoms with Gasteiger partial charge in [-0.25, -0.2) is 0 Å². The van der Waals surface area contributed by atoms with Crippen molar-refractivity contribution < 1.29 is 9.53 Å². The van der Waals surface area contributed by atoms with Gasteiger partial charge in [0.05, 0.1) is 42.9 Å². The maximum Gasteiger partial charge on any atom is 0.227 e. The van der Waals surface area contributed by atoms with E-state index < -0.39 is 0 Å². The Balaban J connectivity index is 1.41. The van der Waals surface area contributed by atoms with Gasteiger partial charge in [-0.1, -0.05) is 30.3 Å². The second-order valence-corrected chi connectivity index (χ2v) is 6.95. The van der Waals surface area contributed by atoms with Gasteiger partial charge in [0.25, 0.3) is 0 Å². The molecule has 0 radical (unpaired) electrons. The molecule has 2 aromatic rings. The highest BCUT2D eigenvalue weighted by atomic mass is 16.5. The van der Waals surface area contributed by atoms with Gasteiger partial charge in [-0.2, -0.15) is 0 Å². The van der Waals surface area contributed by atoms with E-state index in [0.29, 0.717) is 55.4 Å². The molecule has 4 rings (SSSR count). The fourth-order valence-electron chi connectivity index (χ4n) is 3.32. The van der Waals surface area contributed by atoms with Crippen LogP contribution in [-0.2, 0) is 16.0 Å². The Kier molecular flexibility index (Phi) is 5.46. The number of hydrogen-bond acceptors (Lipinski definition) is 7. The first-order chi connectivity index (χ1) is 14.1. The van der Waals surface area contributed by atoms with Crippen LogP contribution < -0.4 is 21.7 Å². The van der Waals surface area contributed by atoms with Crippen LogP contribution in [0.4, 0.5) is 11.4 Å². The number of benzene rings is 2. The van der Waals surface area contributed by atoms with Gasteiger partial charge in [0.2, 0.25) is 5.91 Å². The molecule has 1 saturated heterocycles. The predicted molar refractivity (Wildman–Crippen MR) is 112 cm³/mol. The molecule has 1 amide bonds. The van der Waals surface area contributed by atoms with E-state index in [0.717, 1.165) is 11.3 Å². The van der Waals surface area contributed by atoms with Crippen molar-refractivity contribution in [3.05, 3.63) is 71.6 Å². The minimum absolute atomic E-state index is 0.123. The Morgan fingerprint density at radius 3 is 2.55 bits per heavy atom. The van der Waals surface area contributed by atoms with Gasteiger partial charge in [0.15, 0.2) is 0 Å². The largest absolute Gasteiger partial charge is 0.398 e. The molecule has 150 valence electrons. The third-order valence-electron chi connectivity index (χ3n) is 5.00. The molecule has 8 nitrogen and oxygen atoms in total. The third kappa shape index (κ3) is 4.23. The fraction of sp³-hybridized carbons (Fsp3) is 0.238. The van der Waals surface area contributed by atoms with E-state index in [1.54, 1.807) is 11.1 Å². The van der Waals surface area contributed by atoms with Crippen molar-refractivity contribution in [1.82, 2.24) is 15.9 Å². The number of hydrazine groups is 2. The number of ether oxygens (including phenoxy) is 1. The molecule has 0 aliphatic carbocycles. The number of nitrogens with one attached hydrogen (secondary N) is 3. The molecule has 0 saturated carbocycles. The molecule has 2 aliphatic rings. The lowest BCUT2D eigenvalue weighted by Gasteiger charge is -2.27. The van der Waals surface area contributed by atoms with Crippen molar-refractivity contribution in [2.45, 2.75) is 6.42 Å². The lowest BCUT2D eigenvalue weighted by Crippen LogP contribution is -2.41. The van der Waals surface area contributed by atoms with Crippen LogP contribution in [-0.4, -0.2) is 42.8 Å². The van der Waals surface area contributed by atoms with Crippen LogP contribution in [0.25, 0.3) is 0 Å². The molecule has 2 aromatic carbocycles. The van der Waals surface area contributed by atoms with Crippen molar-refractivity contribution in [3.63, 3.8) is 0 Å². The average molecular weight is 392 g/mol. The van der Waals surface area contributed by atoms with E-state index in [1.165, 1.54) is 0 Å². The van der Waals surface area contributed by atoms with Crippen molar-refractivity contribution >= 4 is 23.0 Å². The van der Waals surface area contributed by atoms with Crippen LogP contribution in [0.3, 0.4) is 0 Å². The zero-order valence-electron chi connectivity index (χ0n) is 16.0. The standard InChI is InChI=1S/C21H24N6O2/c22-18-4-2-1-3-17(18)21(23)19-14-27(25-24-19)16-7-5-15(6-8-16)13-20(28)26-9-11-29-12-10-26/h1-8,14,23-25H,9-13,22H2. The number of morpholine rings is 1. The normalized spacial score (nSPS) is 16.3. The number of hydrogen-bond donors (Lipinski definition) is 4. The van der Waals surface area contributed by atoms with Crippen LogP contribution in [0, 0.1) is 5.41 Å². The van der Waals surface area contributed by atoms with Crippen molar-refractivity contribution in [2.75, 3.05) is 37.0 Å². The first-order valence-corrected chi connectivity index (χ1v) is 9.53. The molecule has 2 heterocycles. The van der Waals surface area contributed by atoms with E-state index in [-0.39, 0.29) is 5.91 Å². The summed E-state index contributed by atoms with van der Waals surface area (Å²) in [7, 11) is 0. The third-order valence-corrected chi connectivity index (χ3v) is 5.00. The average Bonchev–Trinajstić information content (AvgIpc) is 3.25. The first-order valence-electron chi connectivity index (χ1n) is 9.53. The summed E-state index contributed by atoms with van der Waals surface area (Å²) in [6.07, 6.45) is 2.19. The van der Waals surface area contributed by atoms with Crippen molar-refractivity contribution in [3.8, 4) is 0 Å². The maximum atomic E-state index is 12.4. The van der Waals surface area contributed by atoms with E-state index >= 15 is 0 Å². The fourth-order valence-corrected chi connectivity index (χ4v) is 3.32. The molecule has 29 heavy (non-hydrogen) atoms. The maximum absolute atomic E-state index is 12.4. The topological polar surface area (TPSA) is 107 Å². The summed E-state index contributed by atoms with van der Waals surface area (Å²) in [6, 6.07) is 15.1. The molecule has 0 unspecified atom stereocenters.